The Kier molecular flexibility index (Phi) is 4.87. The average molecular weight is 537 g/mol. The van der Waals surface area contributed by atoms with Gasteiger partial charge in [0.15, 0.2) is 5.65 Å². The van der Waals surface area contributed by atoms with Crippen LogP contribution in [0.1, 0.15) is 0 Å². The van der Waals surface area contributed by atoms with Crippen LogP contribution < -0.4 is 0 Å². The van der Waals surface area contributed by atoms with Gasteiger partial charge in [-0.25, -0.2) is 9.97 Å². The van der Waals surface area contributed by atoms with Crippen molar-refractivity contribution in [2.24, 2.45) is 0 Å². The molecule has 0 fully saturated rings. The number of fused-ring (bicyclic) bond motifs is 7. The van der Waals surface area contributed by atoms with Crippen LogP contribution in [-0.2, 0) is 0 Å². The minimum atomic E-state index is 0.758. The fourth-order valence-electron chi connectivity index (χ4n) is 6.61. The van der Waals surface area contributed by atoms with E-state index in [9.17, 15) is 0 Å². The summed E-state index contributed by atoms with van der Waals surface area (Å²) < 4.78 is 4.79. The zero-order valence-corrected chi connectivity index (χ0v) is 22.6. The van der Waals surface area contributed by atoms with Crippen molar-refractivity contribution in [1.82, 2.24) is 19.1 Å². The Morgan fingerprint density at radius 3 is 1.76 bits per heavy atom. The van der Waals surface area contributed by atoms with Crippen LogP contribution in [0.25, 0.3) is 77.1 Å². The summed E-state index contributed by atoms with van der Waals surface area (Å²) in [6, 6.07) is 47.8. The van der Waals surface area contributed by atoms with Crippen LogP contribution in [0.4, 0.5) is 0 Å². The van der Waals surface area contributed by atoms with Crippen molar-refractivity contribution < 1.29 is 0 Å². The first-order valence-corrected chi connectivity index (χ1v) is 14.2. The number of nitrogens with zero attached hydrogens (tertiary/aromatic N) is 4. The van der Waals surface area contributed by atoms with Crippen LogP contribution in [0, 0.1) is 0 Å². The van der Waals surface area contributed by atoms with E-state index in [1.54, 1.807) is 6.20 Å². The largest absolute Gasteiger partial charge is 0.309 e. The number of hydrogen-bond donors (Lipinski definition) is 0. The van der Waals surface area contributed by atoms with E-state index in [-0.39, 0.29) is 0 Å². The van der Waals surface area contributed by atoms with E-state index in [0.717, 1.165) is 33.5 Å². The Labute approximate surface area is 241 Å². The maximum Gasteiger partial charge on any atom is 0.159 e. The molecule has 5 aromatic carbocycles. The van der Waals surface area contributed by atoms with Crippen molar-refractivity contribution in [1.29, 1.82) is 0 Å². The van der Waals surface area contributed by atoms with E-state index in [2.05, 4.69) is 146 Å². The lowest BCUT2D eigenvalue weighted by molar-refractivity contribution is 1.16. The van der Waals surface area contributed by atoms with Gasteiger partial charge in [-0.15, -0.1) is 0 Å². The van der Waals surface area contributed by atoms with Crippen molar-refractivity contribution in [3.05, 3.63) is 146 Å². The highest BCUT2D eigenvalue weighted by molar-refractivity contribution is 6.19. The number of benzene rings is 5. The van der Waals surface area contributed by atoms with Gasteiger partial charge in [-0.2, -0.15) is 0 Å². The van der Waals surface area contributed by atoms with Crippen LogP contribution in [-0.4, -0.2) is 19.1 Å². The molecule has 0 N–H and O–H groups in total. The summed E-state index contributed by atoms with van der Waals surface area (Å²) in [6.45, 7) is 0. The summed E-state index contributed by atoms with van der Waals surface area (Å²) in [6.07, 6.45) is 3.64. The molecule has 9 aromatic rings. The minimum absolute atomic E-state index is 0.758. The smallest absolute Gasteiger partial charge is 0.159 e. The quantitative estimate of drug-likeness (QED) is 0.225. The molecule has 4 nitrogen and oxygen atoms in total. The number of aromatic nitrogens is 4. The van der Waals surface area contributed by atoms with Crippen LogP contribution in [0.3, 0.4) is 0 Å². The lowest BCUT2D eigenvalue weighted by atomic mass is 10.0. The minimum Gasteiger partial charge on any atom is -0.309 e. The second-order valence-electron chi connectivity index (χ2n) is 10.7. The Bertz CT molecular complexity index is 2460. The van der Waals surface area contributed by atoms with Gasteiger partial charge < -0.3 is 9.13 Å². The fourth-order valence-corrected chi connectivity index (χ4v) is 6.61. The SMILES string of the molecule is c1ccc(-n2c3ccccc3c3cc4c5ccccc5n(-c5cccc(-c6ccnc7ncccc67)c5)c4cc32)cc1. The van der Waals surface area contributed by atoms with E-state index in [0.29, 0.717) is 0 Å². The van der Waals surface area contributed by atoms with Gasteiger partial charge in [0.25, 0.3) is 0 Å². The molecule has 0 saturated heterocycles. The zero-order chi connectivity index (χ0) is 27.6. The maximum absolute atomic E-state index is 4.48. The second kappa shape index (κ2) is 8.88. The highest BCUT2D eigenvalue weighted by atomic mass is 15.0. The second-order valence-corrected chi connectivity index (χ2v) is 10.7. The average Bonchev–Trinajstić information content (AvgIpc) is 3.56. The monoisotopic (exact) mass is 536 g/mol. The summed E-state index contributed by atoms with van der Waals surface area (Å²) in [5, 5.41) is 6.06. The van der Waals surface area contributed by atoms with Crippen molar-refractivity contribution in [3.63, 3.8) is 0 Å². The molecule has 4 heterocycles. The Morgan fingerprint density at radius 2 is 1.00 bits per heavy atom. The van der Waals surface area contributed by atoms with Gasteiger partial charge in [-0.1, -0.05) is 66.7 Å². The Morgan fingerprint density at radius 1 is 0.381 bits per heavy atom. The van der Waals surface area contributed by atoms with Crippen molar-refractivity contribution in [2.75, 3.05) is 0 Å². The lowest BCUT2D eigenvalue weighted by Gasteiger charge is -2.12. The topological polar surface area (TPSA) is 35.6 Å². The molecule has 0 spiro atoms. The van der Waals surface area contributed by atoms with Crippen LogP contribution >= 0.6 is 0 Å². The van der Waals surface area contributed by atoms with E-state index in [1.807, 2.05) is 12.3 Å². The van der Waals surface area contributed by atoms with Gasteiger partial charge in [0.05, 0.1) is 22.1 Å². The highest BCUT2D eigenvalue weighted by Gasteiger charge is 2.18. The molecule has 0 atom stereocenters. The third kappa shape index (κ3) is 3.29. The van der Waals surface area contributed by atoms with Gasteiger partial charge in [0.1, 0.15) is 0 Å². The number of hydrogen-bond acceptors (Lipinski definition) is 2. The van der Waals surface area contributed by atoms with Crippen molar-refractivity contribution >= 4 is 54.6 Å². The van der Waals surface area contributed by atoms with Crippen molar-refractivity contribution in [3.8, 4) is 22.5 Å². The van der Waals surface area contributed by atoms with E-state index >= 15 is 0 Å². The summed E-state index contributed by atoms with van der Waals surface area (Å²) in [4.78, 5) is 8.97. The molecule has 4 aromatic heterocycles. The van der Waals surface area contributed by atoms with Crippen LogP contribution in [0.15, 0.2) is 146 Å². The molecule has 0 saturated carbocycles. The molecule has 0 aliphatic heterocycles. The molecule has 0 radical (unpaired) electrons. The van der Waals surface area contributed by atoms with Gasteiger partial charge >= 0.3 is 0 Å². The predicted octanol–water partition coefficient (Wildman–Crippen LogP) is 9.49. The summed E-state index contributed by atoms with van der Waals surface area (Å²) in [5.74, 6) is 0. The van der Waals surface area contributed by atoms with Gasteiger partial charge in [0, 0.05) is 50.7 Å². The molecule has 0 bridgehead atoms. The standard InChI is InChI=1S/C38H24N4/c1-2-11-26(12-3-1)41-34-17-6-4-14-29(34)32-23-33-30-15-5-7-18-35(30)42(37(33)24-36(32)41)27-13-8-10-25(22-27)28-19-21-40-38-31(28)16-9-20-39-38/h1-24H. The summed E-state index contributed by atoms with van der Waals surface area (Å²) in [7, 11) is 0. The normalized spacial score (nSPS) is 11.8. The molecule has 196 valence electrons. The molecule has 0 aliphatic carbocycles. The van der Waals surface area contributed by atoms with Gasteiger partial charge in [0.2, 0.25) is 0 Å². The van der Waals surface area contributed by atoms with Gasteiger partial charge in [-0.05, 0) is 77.9 Å². The van der Waals surface area contributed by atoms with E-state index in [4.69, 9.17) is 0 Å². The lowest BCUT2D eigenvalue weighted by Crippen LogP contribution is -1.96. The van der Waals surface area contributed by atoms with Crippen LogP contribution in [0.2, 0.25) is 0 Å². The summed E-state index contributed by atoms with van der Waals surface area (Å²) >= 11 is 0. The molecular weight excluding hydrogens is 512 g/mol. The highest BCUT2D eigenvalue weighted by Crippen LogP contribution is 2.40. The predicted molar refractivity (Wildman–Crippen MR) is 174 cm³/mol. The molecule has 4 heteroatoms. The number of rotatable bonds is 3. The van der Waals surface area contributed by atoms with Gasteiger partial charge in [-0.3, -0.25) is 0 Å². The molecule has 0 unspecified atom stereocenters. The number of pyridine rings is 2. The maximum atomic E-state index is 4.48. The fraction of sp³-hybridized carbons (Fsp3) is 0. The Hall–Kier alpha value is -5.74. The molecule has 9 rings (SSSR count). The van der Waals surface area contributed by atoms with E-state index in [1.165, 1.54) is 43.6 Å². The molecule has 0 aliphatic rings. The first kappa shape index (κ1) is 23.0. The molecule has 0 amide bonds. The van der Waals surface area contributed by atoms with Crippen molar-refractivity contribution in [2.45, 2.75) is 0 Å². The van der Waals surface area contributed by atoms with Crippen LogP contribution in [0.5, 0.6) is 0 Å². The number of para-hydroxylation sites is 3. The third-order valence-electron chi connectivity index (χ3n) is 8.41. The zero-order valence-electron chi connectivity index (χ0n) is 22.6. The molecular formula is C38H24N4. The molecule has 42 heavy (non-hydrogen) atoms. The first-order valence-electron chi connectivity index (χ1n) is 14.2. The Balaban J connectivity index is 1.37. The third-order valence-corrected chi connectivity index (χ3v) is 8.41. The summed E-state index contributed by atoms with van der Waals surface area (Å²) in [5.41, 5.74) is 10.1. The van der Waals surface area contributed by atoms with E-state index < -0.39 is 0 Å². The first-order chi connectivity index (χ1) is 20.8.